The van der Waals surface area contributed by atoms with Crippen LogP contribution in [0.5, 0.6) is 0 Å². The molecule has 1 rings (SSSR count). The van der Waals surface area contributed by atoms with Crippen LogP contribution in [0.4, 0.5) is 13.2 Å². The number of nitrogens with one attached hydrogen (secondary N) is 1. The highest BCUT2D eigenvalue weighted by atomic mass is 35.5. The van der Waals surface area contributed by atoms with Crippen LogP contribution >= 0.6 is 11.6 Å². The number of alkyl halides is 3. The molecule has 0 bridgehead atoms. The molecular weight excluding hydrogens is 335 g/mol. The van der Waals surface area contributed by atoms with E-state index in [-0.39, 0.29) is 16.6 Å². The van der Waals surface area contributed by atoms with Crippen molar-refractivity contribution in [3.05, 3.63) is 40.4 Å². The summed E-state index contributed by atoms with van der Waals surface area (Å²) in [6.45, 7) is 3.02. The quantitative estimate of drug-likeness (QED) is 0.654. The number of ether oxygens (including phenoxy) is 1. The van der Waals surface area contributed by atoms with Gasteiger partial charge in [-0.25, -0.2) is 4.79 Å². The van der Waals surface area contributed by atoms with Gasteiger partial charge in [0, 0.05) is 17.1 Å². The van der Waals surface area contributed by atoms with Crippen LogP contribution in [-0.4, -0.2) is 24.5 Å². The van der Waals surface area contributed by atoms with Gasteiger partial charge in [-0.05, 0) is 43.7 Å². The number of carbonyl (C=O) groups is 2. The topological polar surface area (TPSA) is 55.4 Å². The third kappa shape index (κ3) is 6.73. The second kappa shape index (κ2) is 8.01. The molecule has 1 amide bonds. The normalized spacial score (nSPS) is 11.8. The van der Waals surface area contributed by atoms with E-state index in [4.69, 9.17) is 11.6 Å². The summed E-state index contributed by atoms with van der Waals surface area (Å²) in [6, 6.07) is 2.65. The van der Waals surface area contributed by atoms with E-state index in [0.29, 0.717) is 0 Å². The highest BCUT2D eigenvalue weighted by molar-refractivity contribution is 6.32. The summed E-state index contributed by atoms with van der Waals surface area (Å²) in [7, 11) is 0. The molecule has 0 saturated carbocycles. The average molecular weight is 350 g/mol. The van der Waals surface area contributed by atoms with Gasteiger partial charge in [-0.15, -0.1) is 0 Å². The molecule has 0 aromatic heterocycles. The van der Waals surface area contributed by atoms with Crippen molar-refractivity contribution in [3.63, 3.8) is 0 Å². The molecule has 0 aliphatic heterocycles. The lowest BCUT2D eigenvalue weighted by atomic mass is 10.1. The maximum atomic E-state index is 12.6. The van der Waals surface area contributed by atoms with Gasteiger partial charge < -0.3 is 10.1 Å². The summed E-state index contributed by atoms with van der Waals surface area (Å²) in [5, 5.41) is 2.57. The molecule has 23 heavy (non-hydrogen) atoms. The Kier molecular flexibility index (Phi) is 6.62. The zero-order valence-electron chi connectivity index (χ0n) is 12.4. The largest absolute Gasteiger partial charge is 0.452 e. The molecule has 0 aliphatic rings. The molecule has 0 saturated heterocycles. The molecule has 1 aromatic carbocycles. The van der Waals surface area contributed by atoms with Gasteiger partial charge in [0.1, 0.15) is 0 Å². The maximum absolute atomic E-state index is 12.6. The Labute approximate surface area is 136 Å². The fourth-order valence-electron chi connectivity index (χ4n) is 1.55. The second-order valence-electron chi connectivity index (χ2n) is 4.90. The SMILES string of the molecule is CC(C)NC(=O)COC(=O)/C=C/c1cc(C(F)(F)F)ccc1Cl. The van der Waals surface area contributed by atoms with E-state index in [1.165, 1.54) is 0 Å². The number of esters is 1. The molecular formula is C15H15ClF3NO3. The van der Waals surface area contributed by atoms with Gasteiger partial charge in [-0.3, -0.25) is 4.79 Å². The molecule has 1 N–H and O–H groups in total. The van der Waals surface area contributed by atoms with Gasteiger partial charge in [0.05, 0.1) is 5.56 Å². The van der Waals surface area contributed by atoms with E-state index in [2.05, 4.69) is 10.1 Å². The highest BCUT2D eigenvalue weighted by Gasteiger charge is 2.30. The summed E-state index contributed by atoms with van der Waals surface area (Å²) >= 11 is 5.78. The smallest absolute Gasteiger partial charge is 0.416 e. The summed E-state index contributed by atoms with van der Waals surface area (Å²) < 4.78 is 42.5. The zero-order valence-corrected chi connectivity index (χ0v) is 13.2. The predicted octanol–water partition coefficient (Wildman–Crippen LogP) is 3.44. The van der Waals surface area contributed by atoms with Gasteiger partial charge in [0.2, 0.25) is 0 Å². The molecule has 0 fully saturated rings. The van der Waals surface area contributed by atoms with E-state index >= 15 is 0 Å². The van der Waals surface area contributed by atoms with Crippen LogP contribution in [-0.2, 0) is 20.5 Å². The van der Waals surface area contributed by atoms with Crippen molar-refractivity contribution in [3.8, 4) is 0 Å². The Hall–Kier alpha value is -2.02. The third-order valence-corrected chi connectivity index (χ3v) is 2.86. The lowest BCUT2D eigenvalue weighted by Crippen LogP contribution is -2.33. The minimum absolute atomic E-state index is 0.0186. The first-order valence-corrected chi connectivity index (χ1v) is 6.98. The molecule has 0 heterocycles. The predicted molar refractivity (Wildman–Crippen MR) is 79.7 cm³/mol. The van der Waals surface area contributed by atoms with E-state index in [1.54, 1.807) is 13.8 Å². The first kappa shape index (κ1) is 19.0. The first-order valence-electron chi connectivity index (χ1n) is 6.60. The first-order chi connectivity index (χ1) is 10.6. The number of hydrogen-bond donors (Lipinski definition) is 1. The molecule has 126 valence electrons. The summed E-state index contributed by atoms with van der Waals surface area (Å²) in [4.78, 5) is 22.7. The fraction of sp³-hybridized carbons (Fsp3) is 0.333. The summed E-state index contributed by atoms with van der Waals surface area (Å²) in [6.07, 6.45) is -2.51. The van der Waals surface area contributed by atoms with Gasteiger partial charge in [0.15, 0.2) is 6.61 Å². The molecule has 8 heteroatoms. The van der Waals surface area contributed by atoms with Crippen LogP contribution < -0.4 is 5.32 Å². The van der Waals surface area contributed by atoms with Crippen LogP contribution in [0.3, 0.4) is 0 Å². The van der Waals surface area contributed by atoms with Crippen molar-refractivity contribution in [2.75, 3.05) is 6.61 Å². The van der Waals surface area contributed by atoms with Crippen molar-refractivity contribution in [1.82, 2.24) is 5.32 Å². The van der Waals surface area contributed by atoms with Crippen molar-refractivity contribution < 1.29 is 27.5 Å². The molecule has 0 radical (unpaired) electrons. The molecule has 0 unspecified atom stereocenters. The molecule has 0 atom stereocenters. The Balaban J connectivity index is 2.70. The Morgan fingerprint density at radius 2 is 2.00 bits per heavy atom. The number of benzene rings is 1. The minimum atomic E-state index is -4.51. The van der Waals surface area contributed by atoms with Crippen LogP contribution in [0, 0.1) is 0 Å². The Bertz CT molecular complexity index is 612. The standard InChI is InChI=1S/C15H15ClF3NO3/c1-9(2)20-13(21)8-23-14(22)6-3-10-7-11(15(17,18)19)4-5-12(10)16/h3-7,9H,8H2,1-2H3,(H,20,21)/b6-3+. The third-order valence-electron chi connectivity index (χ3n) is 2.52. The van der Waals surface area contributed by atoms with Crippen LogP contribution in [0.25, 0.3) is 6.08 Å². The summed E-state index contributed by atoms with van der Waals surface area (Å²) in [5.41, 5.74) is -0.865. The number of hydrogen-bond acceptors (Lipinski definition) is 3. The molecule has 4 nitrogen and oxygen atoms in total. The van der Waals surface area contributed by atoms with Crippen LogP contribution in [0.2, 0.25) is 5.02 Å². The monoisotopic (exact) mass is 349 g/mol. The zero-order chi connectivity index (χ0) is 17.6. The number of halogens is 4. The van der Waals surface area contributed by atoms with Crippen molar-refractivity contribution in [1.29, 1.82) is 0 Å². The Morgan fingerprint density at radius 3 is 2.57 bits per heavy atom. The van der Waals surface area contributed by atoms with Crippen LogP contribution in [0.1, 0.15) is 25.0 Å². The van der Waals surface area contributed by atoms with Crippen molar-refractivity contribution in [2.45, 2.75) is 26.1 Å². The van der Waals surface area contributed by atoms with E-state index in [1.807, 2.05) is 0 Å². The fourth-order valence-corrected chi connectivity index (χ4v) is 1.73. The summed E-state index contributed by atoms with van der Waals surface area (Å²) in [5.74, 6) is -1.34. The maximum Gasteiger partial charge on any atom is 0.416 e. The van der Waals surface area contributed by atoms with Crippen molar-refractivity contribution >= 4 is 29.6 Å². The number of amides is 1. The van der Waals surface area contributed by atoms with E-state index in [0.717, 1.165) is 30.4 Å². The molecule has 0 spiro atoms. The van der Waals surface area contributed by atoms with Gasteiger partial charge in [0.25, 0.3) is 5.91 Å². The Morgan fingerprint density at radius 1 is 1.35 bits per heavy atom. The number of carbonyl (C=O) groups excluding carboxylic acids is 2. The van der Waals surface area contributed by atoms with E-state index < -0.39 is 30.2 Å². The molecule has 0 aliphatic carbocycles. The van der Waals surface area contributed by atoms with Crippen LogP contribution in [0.15, 0.2) is 24.3 Å². The molecule has 1 aromatic rings. The number of rotatable bonds is 5. The lowest BCUT2D eigenvalue weighted by Gasteiger charge is -2.08. The van der Waals surface area contributed by atoms with Gasteiger partial charge in [-0.2, -0.15) is 13.2 Å². The lowest BCUT2D eigenvalue weighted by molar-refractivity contribution is -0.143. The van der Waals surface area contributed by atoms with E-state index in [9.17, 15) is 22.8 Å². The highest BCUT2D eigenvalue weighted by Crippen LogP contribution is 2.32. The average Bonchev–Trinajstić information content (AvgIpc) is 2.42. The van der Waals surface area contributed by atoms with Gasteiger partial charge in [-0.1, -0.05) is 11.6 Å². The van der Waals surface area contributed by atoms with Gasteiger partial charge >= 0.3 is 12.1 Å². The van der Waals surface area contributed by atoms with Crippen molar-refractivity contribution in [2.24, 2.45) is 0 Å². The second-order valence-corrected chi connectivity index (χ2v) is 5.30. The minimum Gasteiger partial charge on any atom is -0.452 e.